The molecule has 1 rings (SSSR count). The summed E-state index contributed by atoms with van der Waals surface area (Å²) < 4.78 is 5.88. The highest BCUT2D eigenvalue weighted by molar-refractivity contribution is 4.93. The Morgan fingerprint density at radius 2 is 2.14 bits per heavy atom. The number of likely N-dealkylation sites (N-methyl/N-ethyl adjacent to an activating group) is 1. The maximum Gasteiger partial charge on any atom is 0.0732 e. The summed E-state index contributed by atoms with van der Waals surface area (Å²) in [5.41, 5.74) is 1.20. The van der Waals surface area contributed by atoms with Gasteiger partial charge < -0.3 is 10.1 Å². The van der Waals surface area contributed by atoms with Crippen LogP contribution in [0.3, 0.4) is 0 Å². The highest BCUT2D eigenvalue weighted by Gasteiger charge is 2.23. The molecule has 0 spiro atoms. The SMILES string of the molecule is C=C(CC)COC1CCCCC1NC. The lowest BCUT2D eigenvalue weighted by Crippen LogP contribution is -2.41. The summed E-state index contributed by atoms with van der Waals surface area (Å²) in [6, 6.07) is 0.549. The Morgan fingerprint density at radius 1 is 1.43 bits per heavy atom. The average molecular weight is 197 g/mol. The third-order valence-electron chi connectivity index (χ3n) is 3.07. The van der Waals surface area contributed by atoms with E-state index in [0.717, 1.165) is 13.0 Å². The highest BCUT2D eigenvalue weighted by Crippen LogP contribution is 2.21. The fourth-order valence-corrected chi connectivity index (χ4v) is 1.95. The second-order valence-electron chi connectivity index (χ2n) is 4.13. The molecule has 2 heteroatoms. The van der Waals surface area contributed by atoms with Gasteiger partial charge in [0.2, 0.25) is 0 Å². The smallest absolute Gasteiger partial charge is 0.0732 e. The summed E-state index contributed by atoms with van der Waals surface area (Å²) in [5.74, 6) is 0. The van der Waals surface area contributed by atoms with E-state index in [0.29, 0.717) is 12.1 Å². The lowest BCUT2D eigenvalue weighted by atomic mass is 9.92. The zero-order chi connectivity index (χ0) is 10.4. The predicted molar refractivity (Wildman–Crippen MR) is 60.5 cm³/mol. The molecule has 1 saturated carbocycles. The van der Waals surface area contributed by atoms with E-state index in [1.807, 2.05) is 7.05 Å². The van der Waals surface area contributed by atoms with Crippen molar-refractivity contribution >= 4 is 0 Å². The molecule has 82 valence electrons. The monoisotopic (exact) mass is 197 g/mol. The van der Waals surface area contributed by atoms with E-state index in [-0.39, 0.29) is 0 Å². The first-order valence-electron chi connectivity index (χ1n) is 5.73. The van der Waals surface area contributed by atoms with Gasteiger partial charge in [-0.15, -0.1) is 0 Å². The van der Waals surface area contributed by atoms with Crippen molar-refractivity contribution in [1.29, 1.82) is 0 Å². The van der Waals surface area contributed by atoms with Crippen LogP contribution in [0.5, 0.6) is 0 Å². The van der Waals surface area contributed by atoms with Gasteiger partial charge in [0.15, 0.2) is 0 Å². The summed E-state index contributed by atoms with van der Waals surface area (Å²) in [6.07, 6.45) is 6.51. The molecule has 0 aliphatic heterocycles. The molecular weight excluding hydrogens is 174 g/mol. The van der Waals surface area contributed by atoms with E-state index in [2.05, 4.69) is 18.8 Å². The van der Waals surface area contributed by atoms with E-state index >= 15 is 0 Å². The molecule has 14 heavy (non-hydrogen) atoms. The van der Waals surface area contributed by atoms with Gasteiger partial charge in [0.1, 0.15) is 0 Å². The Kier molecular flexibility index (Phi) is 5.20. The molecule has 1 aliphatic rings. The molecule has 0 heterocycles. The Morgan fingerprint density at radius 3 is 2.79 bits per heavy atom. The minimum Gasteiger partial charge on any atom is -0.372 e. The topological polar surface area (TPSA) is 21.3 Å². The van der Waals surface area contributed by atoms with Gasteiger partial charge >= 0.3 is 0 Å². The third kappa shape index (κ3) is 3.43. The molecule has 0 bridgehead atoms. The lowest BCUT2D eigenvalue weighted by Gasteiger charge is -2.31. The van der Waals surface area contributed by atoms with Crippen LogP contribution in [0.2, 0.25) is 0 Å². The second kappa shape index (κ2) is 6.20. The molecule has 0 aromatic carbocycles. The van der Waals surface area contributed by atoms with Crippen LogP contribution in [0.25, 0.3) is 0 Å². The molecule has 2 nitrogen and oxygen atoms in total. The maximum absolute atomic E-state index is 5.88. The second-order valence-corrected chi connectivity index (χ2v) is 4.13. The van der Waals surface area contributed by atoms with Crippen LogP contribution in [0, 0.1) is 0 Å². The summed E-state index contributed by atoms with van der Waals surface area (Å²) in [6.45, 7) is 6.83. The van der Waals surface area contributed by atoms with Gasteiger partial charge in [-0.05, 0) is 26.3 Å². The fraction of sp³-hybridized carbons (Fsp3) is 0.833. The maximum atomic E-state index is 5.88. The molecule has 2 atom stereocenters. The Bertz CT molecular complexity index is 179. The Labute approximate surface area is 87.7 Å². The third-order valence-corrected chi connectivity index (χ3v) is 3.07. The van der Waals surface area contributed by atoms with Gasteiger partial charge in [-0.1, -0.05) is 31.9 Å². The minimum absolute atomic E-state index is 0.400. The van der Waals surface area contributed by atoms with E-state index in [9.17, 15) is 0 Å². The van der Waals surface area contributed by atoms with Crippen LogP contribution in [-0.4, -0.2) is 25.8 Å². The molecule has 0 aromatic rings. The number of nitrogens with one attached hydrogen (secondary N) is 1. The first-order chi connectivity index (χ1) is 6.77. The van der Waals surface area contributed by atoms with Crippen molar-refractivity contribution in [3.63, 3.8) is 0 Å². The van der Waals surface area contributed by atoms with Crippen molar-refractivity contribution in [2.45, 2.75) is 51.2 Å². The van der Waals surface area contributed by atoms with Crippen LogP contribution >= 0.6 is 0 Å². The van der Waals surface area contributed by atoms with Crippen LogP contribution in [-0.2, 0) is 4.74 Å². The Hall–Kier alpha value is -0.340. The first-order valence-corrected chi connectivity index (χ1v) is 5.73. The minimum atomic E-state index is 0.400. The van der Waals surface area contributed by atoms with E-state index in [1.54, 1.807) is 0 Å². The molecule has 0 saturated heterocycles. The average Bonchev–Trinajstić information content (AvgIpc) is 2.26. The number of ether oxygens (including phenoxy) is 1. The van der Waals surface area contributed by atoms with Crippen LogP contribution in [0.15, 0.2) is 12.2 Å². The number of hydrogen-bond donors (Lipinski definition) is 1. The number of hydrogen-bond acceptors (Lipinski definition) is 2. The summed E-state index contributed by atoms with van der Waals surface area (Å²) >= 11 is 0. The molecule has 1 aliphatic carbocycles. The van der Waals surface area contributed by atoms with Gasteiger partial charge in [0.05, 0.1) is 12.7 Å². The van der Waals surface area contributed by atoms with Gasteiger partial charge in [0, 0.05) is 6.04 Å². The number of rotatable bonds is 5. The van der Waals surface area contributed by atoms with Crippen molar-refractivity contribution < 1.29 is 4.74 Å². The molecule has 0 amide bonds. The fourth-order valence-electron chi connectivity index (χ4n) is 1.95. The van der Waals surface area contributed by atoms with Crippen molar-refractivity contribution in [3.05, 3.63) is 12.2 Å². The summed E-state index contributed by atoms with van der Waals surface area (Å²) in [7, 11) is 2.03. The predicted octanol–water partition coefficient (Wildman–Crippen LogP) is 2.50. The lowest BCUT2D eigenvalue weighted by molar-refractivity contribution is 0.0190. The van der Waals surface area contributed by atoms with E-state index < -0.39 is 0 Å². The van der Waals surface area contributed by atoms with Crippen molar-refractivity contribution in [1.82, 2.24) is 5.32 Å². The first kappa shape index (κ1) is 11.7. The largest absolute Gasteiger partial charge is 0.372 e. The molecule has 0 radical (unpaired) electrons. The molecular formula is C12H23NO. The normalized spacial score (nSPS) is 27.6. The van der Waals surface area contributed by atoms with Crippen molar-refractivity contribution in [2.24, 2.45) is 0 Å². The van der Waals surface area contributed by atoms with Gasteiger partial charge in [-0.3, -0.25) is 0 Å². The van der Waals surface area contributed by atoms with Gasteiger partial charge in [-0.2, -0.15) is 0 Å². The van der Waals surface area contributed by atoms with Gasteiger partial charge in [-0.25, -0.2) is 0 Å². The van der Waals surface area contributed by atoms with E-state index in [1.165, 1.54) is 31.3 Å². The zero-order valence-electron chi connectivity index (χ0n) is 9.51. The van der Waals surface area contributed by atoms with Gasteiger partial charge in [0.25, 0.3) is 0 Å². The standard InChI is InChI=1S/C12H23NO/c1-4-10(2)9-14-12-8-6-5-7-11(12)13-3/h11-13H,2,4-9H2,1,3H3. The highest BCUT2D eigenvalue weighted by atomic mass is 16.5. The molecule has 1 N–H and O–H groups in total. The van der Waals surface area contributed by atoms with Crippen molar-refractivity contribution in [3.8, 4) is 0 Å². The van der Waals surface area contributed by atoms with Crippen LogP contribution in [0.1, 0.15) is 39.0 Å². The van der Waals surface area contributed by atoms with Crippen molar-refractivity contribution in [2.75, 3.05) is 13.7 Å². The zero-order valence-corrected chi connectivity index (χ0v) is 9.51. The summed E-state index contributed by atoms with van der Waals surface area (Å²) in [4.78, 5) is 0. The molecule has 1 fully saturated rings. The molecule has 2 unspecified atom stereocenters. The molecule has 0 aromatic heterocycles. The Balaban J connectivity index is 2.29. The van der Waals surface area contributed by atoms with Crippen LogP contribution in [0.4, 0.5) is 0 Å². The van der Waals surface area contributed by atoms with E-state index in [4.69, 9.17) is 4.74 Å². The summed E-state index contributed by atoms with van der Waals surface area (Å²) in [5, 5.41) is 3.34. The van der Waals surface area contributed by atoms with Crippen LogP contribution < -0.4 is 5.32 Å². The quantitative estimate of drug-likeness (QED) is 0.684.